The Morgan fingerprint density at radius 2 is 2.09 bits per heavy atom. The lowest BCUT2D eigenvalue weighted by molar-refractivity contribution is -0.117. The number of carbonyl (C=O) groups excluding carboxylic acids is 1. The van der Waals surface area contributed by atoms with E-state index in [0.717, 1.165) is 32.2 Å². The van der Waals surface area contributed by atoms with Crippen molar-refractivity contribution in [3.63, 3.8) is 0 Å². The van der Waals surface area contributed by atoms with Crippen molar-refractivity contribution in [2.45, 2.75) is 57.2 Å². The summed E-state index contributed by atoms with van der Waals surface area (Å²) < 4.78 is 37.4. The Kier molecular flexibility index (Phi) is 7.25. The zero-order valence-electron chi connectivity index (χ0n) is 23.9. The zero-order chi connectivity index (χ0) is 29.7. The van der Waals surface area contributed by atoms with E-state index in [4.69, 9.17) is 21.3 Å². The number of nitrogens with one attached hydrogen (secondary N) is 1. The molecular weight excluding hydrogens is 576 g/mol. The van der Waals surface area contributed by atoms with Crippen LogP contribution in [-0.2, 0) is 4.79 Å². The van der Waals surface area contributed by atoms with Crippen LogP contribution in [0.2, 0.25) is 5.02 Å². The van der Waals surface area contributed by atoms with Crippen molar-refractivity contribution >= 4 is 51.1 Å². The first kappa shape index (κ1) is 28.1. The van der Waals surface area contributed by atoms with Gasteiger partial charge in [0.15, 0.2) is 11.6 Å². The molecule has 0 saturated carbocycles. The van der Waals surface area contributed by atoms with Gasteiger partial charge >= 0.3 is 6.01 Å². The van der Waals surface area contributed by atoms with E-state index in [9.17, 15) is 9.18 Å². The molecule has 3 aliphatic rings. The van der Waals surface area contributed by atoms with Gasteiger partial charge in [-0.15, -0.1) is 0 Å². The normalized spacial score (nSPS) is 23.1. The van der Waals surface area contributed by atoms with E-state index < -0.39 is 17.5 Å². The molecule has 7 rings (SSSR count). The van der Waals surface area contributed by atoms with E-state index in [1.165, 1.54) is 0 Å². The lowest BCUT2D eigenvalue weighted by Crippen LogP contribution is -2.43. The van der Waals surface area contributed by atoms with Crippen molar-refractivity contribution in [3.05, 3.63) is 40.9 Å². The maximum absolute atomic E-state index is 16.8. The van der Waals surface area contributed by atoms with Crippen LogP contribution in [0.15, 0.2) is 24.5 Å². The topological polar surface area (TPSA) is 100 Å². The number of carbonyl (C=O) groups is 1. The smallest absolute Gasteiger partial charge is 0.319 e. The summed E-state index contributed by atoms with van der Waals surface area (Å²) in [5, 5.41) is 8.52. The van der Waals surface area contributed by atoms with E-state index >= 15 is 4.39 Å². The number of benzene rings is 1. The number of halogens is 3. The molecule has 3 aromatic heterocycles. The first-order valence-corrected chi connectivity index (χ1v) is 15.2. The number of rotatable bonds is 6. The Labute approximate surface area is 252 Å². The van der Waals surface area contributed by atoms with Gasteiger partial charge in [-0.3, -0.25) is 19.8 Å². The fourth-order valence-electron chi connectivity index (χ4n) is 6.98. The second-order valence-electron chi connectivity index (χ2n) is 11.8. The molecule has 0 spiro atoms. The molecule has 0 aliphatic carbocycles. The quantitative estimate of drug-likeness (QED) is 0.289. The molecule has 0 unspecified atom stereocenters. The number of allylic oxidation sites excluding steroid dienone is 1. The van der Waals surface area contributed by atoms with E-state index in [1.807, 2.05) is 24.0 Å². The minimum Gasteiger partial charge on any atom is -0.461 e. The molecule has 4 aromatic rings. The number of pyridine rings is 1. The van der Waals surface area contributed by atoms with Gasteiger partial charge in [0.2, 0.25) is 0 Å². The molecule has 1 N–H and O–H groups in total. The summed E-state index contributed by atoms with van der Waals surface area (Å²) in [4.78, 5) is 30.5. The van der Waals surface area contributed by atoms with Crippen molar-refractivity contribution < 1.29 is 18.3 Å². The summed E-state index contributed by atoms with van der Waals surface area (Å²) in [6.07, 6.45) is 10.1. The van der Waals surface area contributed by atoms with Crippen molar-refractivity contribution in [2.24, 2.45) is 0 Å². The molecule has 43 heavy (non-hydrogen) atoms. The van der Waals surface area contributed by atoms with Crippen LogP contribution in [0.5, 0.6) is 6.01 Å². The molecule has 1 aromatic carbocycles. The highest BCUT2D eigenvalue weighted by Crippen LogP contribution is 2.42. The molecule has 3 aliphatic heterocycles. The highest BCUT2D eigenvalue weighted by molar-refractivity contribution is 6.33. The van der Waals surface area contributed by atoms with Gasteiger partial charge in [-0.1, -0.05) is 23.8 Å². The van der Waals surface area contributed by atoms with Gasteiger partial charge in [-0.25, -0.2) is 8.78 Å². The summed E-state index contributed by atoms with van der Waals surface area (Å²) in [5.74, 6) is -0.167. The predicted molar refractivity (Wildman–Crippen MR) is 162 cm³/mol. The van der Waals surface area contributed by atoms with Crippen molar-refractivity contribution in [1.82, 2.24) is 30.0 Å². The highest BCUT2D eigenvalue weighted by atomic mass is 35.5. The van der Waals surface area contributed by atoms with Gasteiger partial charge in [0.25, 0.3) is 0 Å². The third-order valence-electron chi connectivity index (χ3n) is 8.98. The standard InChI is InChI=1S/C31H32ClF2N7O2/c1-2-6-20-23(32)11-24-21(14-36-39-24)25(20)28-26(34)27-22(13-35-28)29(40-9-4-3-7-19(42)16-40)38-30(37-27)43-17-31-8-5-10-41(31)15-18(33)12-31/h2,6,11,13-14,18H,3-5,7-10,12,15-17H2,1H3,(H,36,39)/b6-2-/t18-,31+/m1/s1. The lowest BCUT2D eigenvalue weighted by atomic mass is 9.95. The number of anilines is 1. The molecule has 12 heteroatoms. The number of nitrogens with zero attached hydrogens (tertiary/aromatic N) is 6. The average Bonchev–Trinajstić information content (AvgIpc) is 3.63. The maximum atomic E-state index is 16.8. The molecular formula is C31H32ClF2N7O2. The number of fused-ring (bicyclic) bond motifs is 3. The highest BCUT2D eigenvalue weighted by Gasteiger charge is 2.49. The molecule has 3 fully saturated rings. The minimum atomic E-state index is -0.907. The van der Waals surface area contributed by atoms with Crippen LogP contribution < -0.4 is 9.64 Å². The second kappa shape index (κ2) is 11.1. The predicted octanol–water partition coefficient (Wildman–Crippen LogP) is 5.91. The number of ether oxygens (including phenoxy) is 1. The summed E-state index contributed by atoms with van der Waals surface area (Å²) in [6.45, 7) is 4.01. The van der Waals surface area contributed by atoms with E-state index in [1.54, 1.807) is 18.5 Å². The summed E-state index contributed by atoms with van der Waals surface area (Å²) >= 11 is 6.64. The average molecular weight is 608 g/mol. The van der Waals surface area contributed by atoms with Gasteiger partial charge in [-0.05, 0) is 45.2 Å². The van der Waals surface area contributed by atoms with Gasteiger partial charge in [0, 0.05) is 48.6 Å². The van der Waals surface area contributed by atoms with E-state index in [0.29, 0.717) is 64.2 Å². The number of aromatic nitrogens is 5. The van der Waals surface area contributed by atoms with E-state index in [2.05, 4.69) is 25.1 Å². The van der Waals surface area contributed by atoms with E-state index in [-0.39, 0.29) is 36.2 Å². The summed E-state index contributed by atoms with van der Waals surface area (Å²) in [5.41, 5.74) is 1.41. The third-order valence-corrected chi connectivity index (χ3v) is 9.29. The van der Waals surface area contributed by atoms with Crippen molar-refractivity contribution in [2.75, 3.05) is 37.7 Å². The largest absolute Gasteiger partial charge is 0.461 e. The molecule has 224 valence electrons. The third kappa shape index (κ3) is 4.92. The number of aromatic amines is 1. The van der Waals surface area contributed by atoms with Crippen LogP contribution in [0.1, 0.15) is 51.0 Å². The maximum Gasteiger partial charge on any atom is 0.319 e. The van der Waals surface area contributed by atoms with Crippen molar-refractivity contribution in [3.8, 4) is 17.3 Å². The zero-order valence-corrected chi connectivity index (χ0v) is 24.6. The van der Waals surface area contributed by atoms with Gasteiger partial charge in [0.05, 0.1) is 34.2 Å². The fourth-order valence-corrected chi connectivity index (χ4v) is 7.25. The second-order valence-corrected chi connectivity index (χ2v) is 12.2. The first-order chi connectivity index (χ1) is 20.9. The van der Waals surface area contributed by atoms with Crippen LogP contribution in [-0.4, -0.2) is 80.3 Å². The summed E-state index contributed by atoms with van der Waals surface area (Å²) in [6, 6.07) is 1.74. The van der Waals surface area contributed by atoms with Crippen LogP contribution in [0, 0.1) is 5.82 Å². The molecule has 3 saturated heterocycles. The van der Waals surface area contributed by atoms with Gasteiger partial charge in [-0.2, -0.15) is 15.1 Å². The number of Topliss-reactive ketones (excluding diaryl/α,β-unsaturated/α-hetero) is 1. The summed E-state index contributed by atoms with van der Waals surface area (Å²) in [7, 11) is 0. The Morgan fingerprint density at radius 3 is 2.95 bits per heavy atom. The molecule has 9 nitrogen and oxygen atoms in total. The Hall–Kier alpha value is -3.70. The SMILES string of the molecule is C/C=C\c1c(Cl)cc2[nH]ncc2c1-c1ncc2c(N3CCCCC(=O)C3)nc(OC[C@@]34CCCN3C[C@H](F)C4)nc2c1F. The van der Waals surface area contributed by atoms with Crippen LogP contribution in [0.3, 0.4) is 0 Å². The van der Waals surface area contributed by atoms with Crippen LogP contribution in [0.25, 0.3) is 39.1 Å². The number of ketones is 1. The molecule has 0 radical (unpaired) electrons. The number of hydrogen-bond acceptors (Lipinski definition) is 8. The Bertz CT molecular complexity index is 1760. The minimum absolute atomic E-state index is 0.00740. The molecule has 2 atom stereocenters. The molecule has 0 amide bonds. The van der Waals surface area contributed by atoms with Crippen LogP contribution in [0.4, 0.5) is 14.6 Å². The Morgan fingerprint density at radius 1 is 1.21 bits per heavy atom. The molecule has 6 heterocycles. The monoisotopic (exact) mass is 607 g/mol. The Balaban J connectivity index is 1.38. The number of H-pyrrole nitrogens is 1. The number of hydrogen-bond donors (Lipinski definition) is 1. The lowest BCUT2D eigenvalue weighted by Gasteiger charge is -2.31. The van der Waals surface area contributed by atoms with Crippen molar-refractivity contribution in [1.29, 1.82) is 0 Å². The van der Waals surface area contributed by atoms with Gasteiger partial charge < -0.3 is 9.64 Å². The first-order valence-electron chi connectivity index (χ1n) is 14.8. The number of alkyl halides is 1. The van der Waals surface area contributed by atoms with Crippen LogP contribution >= 0.6 is 11.6 Å². The fraction of sp³-hybridized carbons (Fsp3) is 0.452. The molecule has 0 bridgehead atoms. The van der Waals surface area contributed by atoms with Gasteiger partial charge in [0.1, 0.15) is 29.8 Å².